The van der Waals surface area contributed by atoms with E-state index in [9.17, 15) is 19.5 Å². The fourth-order valence-electron chi connectivity index (χ4n) is 4.44. The SMILES string of the molecule is CNc1nc2ccccc2n1Cc1sc2c(c1C(=O)N1CC(O)CO1)c(=O)n(C)c(=O)n2C(C)C. The third-order valence-corrected chi connectivity index (χ3v) is 7.30. The smallest absolute Gasteiger partial charge is 0.332 e. The number of carbonyl (C=O) groups is 1. The number of hydroxylamine groups is 2. The Balaban J connectivity index is 1.80. The zero-order valence-corrected chi connectivity index (χ0v) is 20.6. The molecule has 1 aromatic carbocycles. The molecule has 1 atom stereocenters. The van der Waals surface area contributed by atoms with Crippen molar-refractivity contribution in [2.45, 2.75) is 32.5 Å². The van der Waals surface area contributed by atoms with E-state index in [1.54, 1.807) is 7.05 Å². The van der Waals surface area contributed by atoms with Gasteiger partial charge in [-0.1, -0.05) is 12.1 Å². The van der Waals surface area contributed by atoms with Crippen LogP contribution in [0.25, 0.3) is 21.3 Å². The normalized spacial score (nSPS) is 16.2. The van der Waals surface area contributed by atoms with Gasteiger partial charge in [0.15, 0.2) is 0 Å². The summed E-state index contributed by atoms with van der Waals surface area (Å²) in [7, 11) is 3.17. The number of imidazole rings is 1. The summed E-state index contributed by atoms with van der Waals surface area (Å²) in [6, 6.07) is 7.39. The monoisotopic (exact) mass is 498 g/mol. The summed E-state index contributed by atoms with van der Waals surface area (Å²) in [5, 5.41) is 14.3. The number of thiophene rings is 1. The topological polar surface area (TPSA) is 124 Å². The standard InChI is InChI=1S/C23H26N6O5S/c1-12(2)29-21-18(19(31)26(4)23(29)33)17(20(32)28-9-13(30)11-34-28)16(35-21)10-27-15-8-6-5-7-14(15)25-22(27)24-3/h5-8,12-13,30H,9-11H2,1-4H3,(H,24,25). The van der Waals surface area contributed by atoms with Gasteiger partial charge in [0, 0.05) is 25.0 Å². The van der Waals surface area contributed by atoms with Gasteiger partial charge in [0.05, 0.1) is 35.1 Å². The number of aliphatic hydroxyl groups excluding tert-OH is 1. The highest BCUT2D eigenvalue weighted by atomic mass is 32.1. The van der Waals surface area contributed by atoms with E-state index < -0.39 is 23.3 Å². The van der Waals surface area contributed by atoms with Crippen molar-refractivity contribution >= 4 is 44.4 Å². The summed E-state index contributed by atoms with van der Waals surface area (Å²) in [6.45, 7) is 3.94. The Kier molecular flexibility index (Phi) is 5.74. The predicted octanol–water partition coefficient (Wildman–Crippen LogP) is 1.53. The van der Waals surface area contributed by atoms with Crippen LogP contribution in [0.5, 0.6) is 0 Å². The zero-order valence-electron chi connectivity index (χ0n) is 19.8. The summed E-state index contributed by atoms with van der Waals surface area (Å²) < 4.78 is 4.49. The van der Waals surface area contributed by atoms with Crippen LogP contribution in [0.3, 0.4) is 0 Å². The quantitative estimate of drug-likeness (QED) is 0.428. The van der Waals surface area contributed by atoms with Crippen LogP contribution >= 0.6 is 11.3 Å². The number of benzene rings is 1. The Labute approximate surface area is 203 Å². The third kappa shape index (κ3) is 3.65. The minimum absolute atomic E-state index is 0.00444. The van der Waals surface area contributed by atoms with E-state index in [1.165, 1.54) is 23.0 Å². The van der Waals surface area contributed by atoms with Gasteiger partial charge in [-0.15, -0.1) is 11.3 Å². The molecule has 1 unspecified atom stereocenters. The number of aliphatic hydroxyl groups is 1. The lowest BCUT2D eigenvalue weighted by molar-refractivity contribution is -0.0778. The van der Waals surface area contributed by atoms with Gasteiger partial charge < -0.3 is 15.0 Å². The lowest BCUT2D eigenvalue weighted by Crippen LogP contribution is -2.39. The molecule has 1 saturated heterocycles. The van der Waals surface area contributed by atoms with Crippen molar-refractivity contribution in [1.82, 2.24) is 23.7 Å². The lowest BCUT2D eigenvalue weighted by Gasteiger charge is -2.16. The minimum Gasteiger partial charge on any atom is -0.389 e. The van der Waals surface area contributed by atoms with Crippen LogP contribution in [-0.2, 0) is 18.4 Å². The maximum absolute atomic E-state index is 13.7. The van der Waals surface area contributed by atoms with E-state index in [0.29, 0.717) is 15.7 Å². The van der Waals surface area contributed by atoms with E-state index >= 15 is 0 Å². The van der Waals surface area contributed by atoms with Gasteiger partial charge in [-0.3, -0.25) is 23.6 Å². The summed E-state index contributed by atoms with van der Waals surface area (Å²) >= 11 is 1.24. The summed E-state index contributed by atoms with van der Waals surface area (Å²) in [4.78, 5) is 51.1. The van der Waals surface area contributed by atoms with Crippen LogP contribution in [-0.4, -0.2) is 61.1 Å². The third-order valence-electron chi connectivity index (χ3n) is 6.13. The molecule has 35 heavy (non-hydrogen) atoms. The van der Waals surface area contributed by atoms with E-state index in [0.717, 1.165) is 20.7 Å². The molecule has 0 aliphatic carbocycles. The maximum Gasteiger partial charge on any atom is 0.332 e. The second-order valence-electron chi connectivity index (χ2n) is 8.77. The first-order valence-corrected chi connectivity index (χ1v) is 12.1. The van der Waals surface area contributed by atoms with Crippen molar-refractivity contribution in [2.24, 2.45) is 7.05 Å². The number of aromatic nitrogens is 4. The van der Waals surface area contributed by atoms with Crippen LogP contribution in [0.15, 0.2) is 33.9 Å². The molecule has 0 radical (unpaired) electrons. The molecular formula is C23H26N6O5S. The second-order valence-corrected chi connectivity index (χ2v) is 9.85. The van der Waals surface area contributed by atoms with Crippen molar-refractivity contribution in [3.63, 3.8) is 0 Å². The molecule has 1 fully saturated rings. The number of amides is 1. The highest BCUT2D eigenvalue weighted by Gasteiger charge is 2.33. The Morgan fingerprint density at radius 3 is 2.71 bits per heavy atom. The average molecular weight is 499 g/mol. The van der Waals surface area contributed by atoms with E-state index in [4.69, 9.17) is 4.84 Å². The van der Waals surface area contributed by atoms with Crippen molar-refractivity contribution in [1.29, 1.82) is 0 Å². The van der Waals surface area contributed by atoms with Crippen molar-refractivity contribution in [2.75, 3.05) is 25.5 Å². The Morgan fingerprint density at radius 1 is 1.31 bits per heavy atom. The average Bonchev–Trinajstić information content (AvgIpc) is 3.53. The highest BCUT2D eigenvalue weighted by Crippen LogP contribution is 2.34. The van der Waals surface area contributed by atoms with Gasteiger partial charge in [-0.2, -0.15) is 0 Å². The molecule has 1 aliphatic rings. The maximum atomic E-state index is 13.7. The van der Waals surface area contributed by atoms with Crippen LogP contribution in [0.4, 0.5) is 5.95 Å². The number of rotatable bonds is 5. The molecule has 5 rings (SSSR count). The Hall–Kier alpha value is -3.48. The Morgan fingerprint density at radius 2 is 2.06 bits per heavy atom. The second kappa shape index (κ2) is 8.63. The number of hydrogen-bond donors (Lipinski definition) is 2. The summed E-state index contributed by atoms with van der Waals surface area (Å²) in [5.41, 5.74) is 0.827. The molecule has 1 aliphatic heterocycles. The fraction of sp³-hybridized carbons (Fsp3) is 0.391. The summed E-state index contributed by atoms with van der Waals surface area (Å²) in [5.74, 6) is 0.0772. The van der Waals surface area contributed by atoms with Gasteiger partial charge in [-0.05, 0) is 26.0 Å². The fourth-order valence-corrected chi connectivity index (χ4v) is 5.84. The van der Waals surface area contributed by atoms with Crippen LogP contribution in [0, 0.1) is 0 Å². The molecule has 0 bridgehead atoms. The van der Waals surface area contributed by atoms with Gasteiger partial charge in [-0.25, -0.2) is 14.8 Å². The van der Waals surface area contributed by atoms with E-state index in [1.807, 2.05) is 42.7 Å². The molecule has 1 amide bonds. The molecule has 2 N–H and O–H groups in total. The lowest BCUT2D eigenvalue weighted by atomic mass is 10.1. The van der Waals surface area contributed by atoms with Gasteiger partial charge >= 0.3 is 5.69 Å². The molecule has 4 aromatic rings. The largest absolute Gasteiger partial charge is 0.389 e. The van der Waals surface area contributed by atoms with E-state index in [2.05, 4.69) is 10.3 Å². The number of nitrogens with zero attached hydrogens (tertiary/aromatic N) is 5. The molecule has 12 heteroatoms. The van der Waals surface area contributed by atoms with Crippen LogP contribution < -0.4 is 16.6 Å². The van der Waals surface area contributed by atoms with Crippen LogP contribution in [0.1, 0.15) is 35.1 Å². The Bertz CT molecular complexity index is 1580. The number of carbonyl (C=O) groups excluding carboxylic acids is 1. The number of hydrogen-bond acceptors (Lipinski definition) is 8. The summed E-state index contributed by atoms with van der Waals surface area (Å²) in [6.07, 6.45) is -0.808. The first-order chi connectivity index (χ1) is 16.7. The number of β-amino-alcohol motifs (C(OH)–C–C–N with tert-alkyl or cyclic N) is 1. The van der Waals surface area contributed by atoms with Crippen molar-refractivity contribution in [3.05, 3.63) is 55.5 Å². The van der Waals surface area contributed by atoms with Crippen molar-refractivity contribution < 1.29 is 14.7 Å². The number of para-hydroxylation sites is 2. The first kappa shape index (κ1) is 23.3. The molecule has 11 nitrogen and oxygen atoms in total. The predicted molar refractivity (Wildman–Crippen MR) is 133 cm³/mol. The minimum atomic E-state index is -0.808. The van der Waals surface area contributed by atoms with Gasteiger partial charge in [0.1, 0.15) is 17.5 Å². The van der Waals surface area contributed by atoms with Crippen molar-refractivity contribution in [3.8, 4) is 0 Å². The van der Waals surface area contributed by atoms with Gasteiger partial charge in [0.2, 0.25) is 5.95 Å². The van der Waals surface area contributed by atoms with E-state index in [-0.39, 0.29) is 36.7 Å². The van der Waals surface area contributed by atoms with Gasteiger partial charge in [0.25, 0.3) is 11.5 Å². The number of nitrogens with one attached hydrogen (secondary N) is 1. The molecular weight excluding hydrogens is 472 g/mol. The molecule has 0 saturated carbocycles. The number of anilines is 1. The molecule has 184 valence electrons. The van der Waals surface area contributed by atoms with Crippen LogP contribution in [0.2, 0.25) is 0 Å². The first-order valence-electron chi connectivity index (χ1n) is 11.3. The number of fused-ring (bicyclic) bond motifs is 2. The highest BCUT2D eigenvalue weighted by molar-refractivity contribution is 7.19. The molecule has 0 spiro atoms. The zero-order chi connectivity index (χ0) is 25.0. The molecule has 4 heterocycles. The molecule has 3 aromatic heterocycles.